The van der Waals surface area contributed by atoms with Crippen molar-refractivity contribution >= 4 is 11.8 Å². The van der Waals surface area contributed by atoms with E-state index in [9.17, 15) is 22.8 Å². The van der Waals surface area contributed by atoms with Crippen LogP contribution in [-0.2, 0) is 16.1 Å². The minimum absolute atomic E-state index is 0.0203. The summed E-state index contributed by atoms with van der Waals surface area (Å²) in [5.74, 6) is -1.26. The van der Waals surface area contributed by atoms with Gasteiger partial charge in [-0.2, -0.15) is 5.26 Å². The van der Waals surface area contributed by atoms with Crippen molar-refractivity contribution in [1.82, 2.24) is 10.6 Å². The second-order valence-corrected chi connectivity index (χ2v) is 8.03. The average Bonchev–Trinajstić information content (AvgIpc) is 2.71. The first-order valence-corrected chi connectivity index (χ1v) is 10.1. The SMILES string of the molecule is CC(C)C(N)C(=O)NC1CCC(C(=O)NCc2ccc(C#N)cc2OC(F)(F)F)CC1. The number of benzene rings is 1. The van der Waals surface area contributed by atoms with Crippen LogP contribution in [0, 0.1) is 23.2 Å². The molecule has 1 saturated carbocycles. The van der Waals surface area contributed by atoms with Gasteiger partial charge in [-0.25, -0.2) is 0 Å². The fourth-order valence-corrected chi connectivity index (χ4v) is 3.42. The summed E-state index contributed by atoms with van der Waals surface area (Å²) >= 11 is 0. The highest BCUT2D eigenvalue weighted by atomic mass is 19.4. The smallest absolute Gasteiger partial charge is 0.405 e. The molecule has 1 aliphatic carbocycles. The van der Waals surface area contributed by atoms with Crippen molar-refractivity contribution in [1.29, 1.82) is 5.26 Å². The second-order valence-electron chi connectivity index (χ2n) is 8.03. The van der Waals surface area contributed by atoms with Crippen LogP contribution in [0.25, 0.3) is 0 Å². The number of hydrogen-bond donors (Lipinski definition) is 3. The van der Waals surface area contributed by atoms with Crippen molar-refractivity contribution in [2.24, 2.45) is 17.6 Å². The van der Waals surface area contributed by atoms with Crippen molar-refractivity contribution in [3.8, 4) is 11.8 Å². The highest BCUT2D eigenvalue weighted by Gasteiger charge is 2.33. The van der Waals surface area contributed by atoms with Crippen LogP contribution in [0.15, 0.2) is 18.2 Å². The minimum atomic E-state index is -4.91. The van der Waals surface area contributed by atoms with E-state index in [0.29, 0.717) is 25.7 Å². The highest BCUT2D eigenvalue weighted by Crippen LogP contribution is 2.28. The molecule has 4 N–H and O–H groups in total. The molecule has 0 bridgehead atoms. The van der Waals surface area contributed by atoms with Gasteiger partial charge in [-0.05, 0) is 43.7 Å². The summed E-state index contributed by atoms with van der Waals surface area (Å²) in [6.07, 6.45) is -2.57. The van der Waals surface area contributed by atoms with Crippen molar-refractivity contribution in [3.05, 3.63) is 29.3 Å². The number of nitriles is 1. The molecular formula is C21H27F3N4O3. The number of alkyl halides is 3. The van der Waals surface area contributed by atoms with Gasteiger partial charge in [-0.15, -0.1) is 13.2 Å². The van der Waals surface area contributed by atoms with Crippen LogP contribution < -0.4 is 21.1 Å². The third-order valence-corrected chi connectivity index (χ3v) is 5.34. The van der Waals surface area contributed by atoms with Crippen LogP contribution in [0.2, 0.25) is 0 Å². The maximum absolute atomic E-state index is 12.6. The van der Waals surface area contributed by atoms with Crippen molar-refractivity contribution in [2.45, 2.75) is 64.5 Å². The van der Waals surface area contributed by atoms with Crippen LogP contribution >= 0.6 is 0 Å². The molecule has 0 radical (unpaired) electrons. The number of nitrogens with two attached hydrogens (primary N) is 1. The number of nitrogens with zero attached hydrogens (tertiary/aromatic N) is 1. The van der Waals surface area contributed by atoms with Gasteiger partial charge in [0, 0.05) is 24.1 Å². The first-order chi connectivity index (χ1) is 14.5. The second kappa shape index (κ2) is 10.5. The Bertz CT molecular complexity index is 828. The molecule has 2 rings (SSSR count). The zero-order chi connectivity index (χ0) is 23.2. The number of amides is 2. The lowest BCUT2D eigenvalue weighted by molar-refractivity contribution is -0.274. The Morgan fingerprint density at radius 3 is 2.45 bits per heavy atom. The molecule has 31 heavy (non-hydrogen) atoms. The normalized spacial score (nSPS) is 19.9. The van der Waals surface area contributed by atoms with Crippen molar-refractivity contribution < 1.29 is 27.5 Å². The maximum Gasteiger partial charge on any atom is 0.573 e. The monoisotopic (exact) mass is 440 g/mol. The lowest BCUT2D eigenvalue weighted by atomic mass is 9.85. The number of carbonyl (C=O) groups is 2. The van der Waals surface area contributed by atoms with Gasteiger partial charge in [0.1, 0.15) is 5.75 Å². The molecule has 1 unspecified atom stereocenters. The fourth-order valence-electron chi connectivity index (χ4n) is 3.42. The Morgan fingerprint density at radius 1 is 1.26 bits per heavy atom. The predicted molar refractivity (Wildman–Crippen MR) is 106 cm³/mol. The molecule has 1 aromatic carbocycles. The van der Waals surface area contributed by atoms with Crippen LogP contribution in [0.3, 0.4) is 0 Å². The molecule has 1 fully saturated rings. The molecular weight excluding hydrogens is 413 g/mol. The van der Waals surface area contributed by atoms with Crippen LogP contribution in [0.4, 0.5) is 13.2 Å². The molecule has 0 aliphatic heterocycles. The summed E-state index contributed by atoms with van der Waals surface area (Å²) in [7, 11) is 0. The van der Waals surface area contributed by atoms with E-state index in [-0.39, 0.29) is 47.4 Å². The highest BCUT2D eigenvalue weighted by molar-refractivity contribution is 5.82. The summed E-state index contributed by atoms with van der Waals surface area (Å²) in [4.78, 5) is 24.6. The summed E-state index contributed by atoms with van der Waals surface area (Å²) in [6.45, 7) is 3.57. The fraction of sp³-hybridized carbons (Fsp3) is 0.571. The third-order valence-electron chi connectivity index (χ3n) is 5.34. The molecule has 0 saturated heterocycles. The Balaban J connectivity index is 1.89. The standard InChI is InChI=1S/C21H27F3N4O3/c1-12(2)18(26)20(30)28-16-7-5-14(6-8-16)19(29)27-11-15-4-3-13(10-25)9-17(15)31-21(22,23)24/h3-4,9,12,14,16,18H,5-8,11,26H2,1-2H3,(H,27,29)(H,28,30). The number of halogens is 3. The molecule has 0 aromatic heterocycles. The van der Waals surface area contributed by atoms with Crippen LogP contribution in [-0.4, -0.2) is 30.3 Å². The summed E-state index contributed by atoms with van der Waals surface area (Å²) in [6, 6.07) is 4.80. The van der Waals surface area contributed by atoms with Crippen LogP contribution in [0.1, 0.15) is 50.7 Å². The van der Waals surface area contributed by atoms with Gasteiger partial charge in [0.05, 0.1) is 17.7 Å². The Hall–Kier alpha value is -2.80. The number of nitrogens with one attached hydrogen (secondary N) is 2. The van der Waals surface area contributed by atoms with Gasteiger partial charge < -0.3 is 21.1 Å². The van der Waals surface area contributed by atoms with Crippen LogP contribution in [0.5, 0.6) is 5.75 Å². The lowest BCUT2D eigenvalue weighted by Crippen LogP contribution is -2.49. The quantitative estimate of drug-likeness (QED) is 0.603. The van der Waals surface area contributed by atoms with Gasteiger partial charge in [0.15, 0.2) is 0 Å². The van der Waals surface area contributed by atoms with E-state index in [1.54, 1.807) is 6.07 Å². The first-order valence-electron chi connectivity index (χ1n) is 10.1. The van der Waals surface area contributed by atoms with Crippen molar-refractivity contribution in [3.63, 3.8) is 0 Å². The molecule has 170 valence electrons. The van der Waals surface area contributed by atoms with Gasteiger partial charge in [-0.1, -0.05) is 19.9 Å². The van der Waals surface area contributed by atoms with Gasteiger partial charge in [0.25, 0.3) is 0 Å². The van der Waals surface area contributed by atoms with E-state index < -0.39 is 18.2 Å². The molecule has 1 atom stereocenters. The Labute approximate surface area is 179 Å². The first kappa shape index (κ1) is 24.5. The average molecular weight is 440 g/mol. The largest absolute Gasteiger partial charge is 0.573 e. The molecule has 10 heteroatoms. The predicted octanol–water partition coefficient (Wildman–Crippen LogP) is 2.73. The number of rotatable bonds is 7. The third kappa shape index (κ3) is 7.43. The minimum Gasteiger partial charge on any atom is -0.405 e. The Kier molecular flexibility index (Phi) is 8.28. The van der Waals surface area contributed by atoms with Crippen molar-refractivity contribution in [2.75, 3.05) is 0 Å². The molecule has 2 amide bonds. The summed E-state index contributed by atoms with van der Waals surface area (Å²) in [5.41, 5.74) is 5.98. The van der Waals surface area contributed by atoms with E-state index in [2.05, 4.69) is 15.4 Å². The summed E-state index contributed by atoms with van der Waals surface area (Å²) in [5, 5.41) is 14.4. The van der Waals surface area contributed by atoms with E-state index >= 15 is 0 Å². The van der Waals surface area contributed by atoms with E-state index in [0.717, 1.165) is 6.07 Å². The number of ether oxygens (including phenoxy) is 1. The zero-order valence-corrected chi connectivity index (χ0v) is 17.5. The topological polar surface area (TPSA) is 117 Å². The molecule has 1 aliphatic rings. The Morgan fingerprint density at radius 2 is 1.90 bits per heavy atom. The molecule has 7 nitrogen and oxygen atoms in total. The van der Waals surface area contributed by atoms with Gasteiger partial charge >= 0.3 is 6.36 Å². The van der Waals surface area contributed by atoms with E-state index in [1.807, 2.05) is 13.8 Å². The number of hydrogen-bond acceptors (Lipinski definition) is 5. The number of carbonyl (C=O) groups excluding carboxylic acids is 2. The van der Waals surface area contributed by atoms with Gasteiger partial charge in [-0.3, -0.25) is 9.59 Å². The van der Waals surface area contributed by atoms with E-state index in [1.165, 1.54) is 12.1 Å². The summed E-state index contributed by atoms with van der Waals surface area (Å²) < 4.78 is 41.9. The molecule has 1 aromatic rings. The lowest BCUT2D eigenvalue weighted by Gasteiger charge is -2.29. The molecule has 0 spiro atoms. The maximum atomic E-state index is 12.6. The molecule has 0 heterocycles. The van der Waals surface area contributed by atoms with E-state index in [4.69, 9.17) is 11.0 Å². The van der Waals surface area contributed by atoms with Gasteiger partial charge in [0.2, 0.25) is 11.8 Å². The zero-order valence-electron chi connectivity index (χ0n) is 17.5.